The van der Waals surface area contributed by atoms with Crippen molar-refractivity contribution in [1.29, 1.82) is 0 Å². The van der Waals surface area contributed by atoms with Crippen LogP contribution in [0.15, 0.2) is 17.3 Å². The predicted molar refractivity (Wildman–Crippen MR) is 77.9 cm³/mol. The van der Waals surface area contributed by atoms with Gasteiger partial charge in [0.15, 0.2) is 0 Å². The van der Waals surface area contributed by atoms with Crippen molar-refractivity contribution in [3.8, 4) is 0 Å². The summed E-state index contributed by atoms with van der Waals surface area (Å²) >= 11 is 0. The van der Waals surface area contributed by atoms with Crippen molar-refractivity contribution < 1.29 is 8.42 Å². The van der Waals surface area contributed by atoms with E-state index in [1.165, 1.54) is 25.2 Å². The Labute approximate surface area is 120 Å². The number of nitrogens with one attached hydrogen (secondary N) is 2. The minimum absolute atomic E-state index is 0.112. The van der Waals surface area contributed by atoms with Crippen LogP contribution in [0.25, 0.3) is 0 Å². The molecular weight excluding hydrogens is 276 g/mol. The standard InChI is InChI=1S/C13H22N4O2S/c1-10-3-5-11(6-4-10)7-17-20(18,19)12-8-15-13(14-2)16-9-12/h8-11,17H,3-7H2,1-2H3,(H,14,15,16). The third kappa shape index (κ3) is 3.89. The Morgan fingerprint density at radius 3 is 2.35 bits per heavy atom. The van der Waals surface area contributed by atoms with Gasteiger partial charge in [-0.05, 0) is 24.7 Å². The number of anilines is 1. The molecule has 0 aromatic carbocycles. The fraction of sp³-hybridized carbons (Fsp3) is 0.692. The molecule has 1 saturated carbocycles. The molecule has 0 unspecified atom stereocenters. The summed E-state index contributed by atoms with van der Waals surface area (Å²) in [5.74, 6) is 1.62. The SMILES string of the molecule is CNc1ncc(S(=O)(=O)NCC2CCC(C)CC2)cn1. The normalized spacial score (nSPS) is 23.5. The zero-order valence-electron chi connectivity index (χ0n) is 12.0. The van der Waals surface area contributed by atoms with Gasteiger partial charge in [-0.25, -0.2) is 23.1 Å². The monoisotopic (exact) mass is 298 g/mol. The molecule has 1 aromatic rings. The Morgan fingerprint density at radius 1 is 1.20 bits per heavy atom. The van der Waals surface area contributed by atoms with Crippen LogP contribution in [0.2, 0.25) is 0 Å². The van der Waals surface area contributed by atoms with Gasteiger partial charge in [0.2, 0.25) is 16.0 Å². The Morgan fingerprint density at radius 2 is 1.80 bits per heavy atom. The van der Waals surface area contributed by atoms with Gasteiger partial charge < -0.3 is 5.32 Å². The predicted octanol–water partition coefficient (Wildman–Crippen LogP) is 1.62. The van der Waals surface area contributed by atoms with Crippen LogP contribution in [0.4, 0.5) is 5.95 Å². The van der Waals surface area contributed by atoms with E-state index < -0.39 is 10.0 Å². The highest BCUT2D eigenvalue weighted by molar-refractivity contribution is 7.89. The first kappa shape index (κ1) is 15.2. The third-order valence-corrected chi connectivity index (χ3v) is 5.24. The zero-order chi connectivity index (χ0) is 14.6. The number of sulfonamides is 1. The van der Waals surface area contributed by atoms with Crippen molar-refractivity contribution in [2.75, 3.05) is 18.9 Å². The van der Waals surface area contributed by atoms with E-state index in [2.05, 4.69) is 26.9 Å². The van der Waals surface area contributed by atoms with E-state index in [0.717, 1.165) is 18.8 Å². The van der Waals surface area contributed by atoms with Gasteiger partial charge in [0, 0.05) is 13.6 Å². The minimum Gasteiger partial charge on any atom is -0.357 e. The average molecular weight is 298 g/mol. The molecule has 1 aliphatic rings. The van der Waals surface area contributed by atoms with Crippen molar-refractivity contribution >= 4 is 16.0 Å². The van der Waals surface area contributed by atoms with E-state index in [0.29, 0.717) is 18.4 Å². The maximum atomic E-state index is 12.1. The second kappa shape index (κ2) is 6.49. The largest absolute Gasteiger partial charge is 0.357 e. The molecule has 2 N–H and O–H groups in total. The summed E-state index contributed by atoms with van der Waals surface area (Å²) in [6.07, 6.45) is 7.21. The van der Waals surface area contributed by atoms with Crippen molar-refractivity contribution in [2.45, 2.75) is 37.5 Å². The average Bonchev–Trinajstić information content (AvgIpc) is 2.47. The summed E-state index contributed by atoms with van der Waals surface area (Å²) in [5.41, 5.74) is 0. The molecule has 2 rings (SSSR count). The number of hydrogen-bond donors (Lipinski definition) is 2. The van der Waals surface area contributed by atoms with Gasteiger partial charge >= 0.3 is 0 Å². The molecule has 0 spiro atoms. The molecule has 1 fully saturated rings. The molecule has 112 valence electrons. The first-order chi connectivity index (χ1) is 9.51. The van der Waals surface area contributed by atoms with Gasteiger partial charge in [-0.1, -0.05) is 19.8 Å². The van der Waals surface area contributed by atoms with Crippen molar-refractivity contribution in [3.63, 3.8) is 0 Å². The van der Waals surface area contributed by atoms with Crippen LogP contribution in [0.5, 0.6) is 0 Å². The van der Waals surface area contributed by atoms with Crippen LogP contribution in [-0.2, 0) is 10.0 Å². The maximum Gasteiger partial charge on any atom is 0.243 e. The maximum absolute atomic E-state index is 12.1. The fourth-order valence-electron chi connectivity index (χ4n) is 2.43. The summed E-state index contributed by atoms with van der Waals surface area (Å²) in [6.45, 7) is 2.75. The van der Waals surface area contributed by atoms with Gasteiger partial charge in [-0.15, -0.1) is 0 Å². The third-order valence-electron chi connectivity index (χ3n) is 3.86. The van der Waals surface area contributed by atoms with Gasteiger partial charge in [0.25, 0.3) is 0 Å². The van der Waals surface area contributed by atoms with Gasteiger partial charge in [0.1, 0.15) is 4.90 Å². The fourth-order valence-corrected chi connectivity index (χ4v) is 3.43. The summed E-state index contributed by atoms with van der Waals surface area (Å²) in [4.78, 5) is 7.97. The summed E-state index contributed by atoms with van der Waals surface area (Å²) in [7, 11) is -1.81. The van der Waals surface area contributed by atoms with Crippen LogP contribution in [0, 0.1) is 11.8 Å². The molecule has 0 amide bonds. The molecule has 7 heteroatoms. The Bertz CT molecular complexity index is 522. The number of nitrogens with zero attached hydrogens (tertiary/aromatic N) is 2. The lowest BCUT2D eigenvalue weighted by Crippen LogP contribution is -2.31. The Hall–Kier alpha value is -1.21. The van der Waals surface area contributed by atoms with E-state index >= 15 is 0 Å². The van der Waals surface area contributed by atoms with E-state index in [1.807, 2.05) is 0 Å². The van der Waals surface area contributed by atoms with Crippen LogP contribution in [0.1, 0.15) is 32.6 Å². The van der Waals surface area contributed by atoms with Gasteiger partial charge in [-0.3, -0.25) is 0 Å². The Balaban J connectivity index is 1.93. The first-order valence-corrected chi connectivity index (χ1v) is 8.49. The van der Waals surface area contributed by atoms with Crippen LogP contribution in [0.3, 0.4) is 0 Å². The highest BCUT2D eigenvalue weighted by atomic mass is 32.2. The van der Waals surface area contributed by atoms with Gasteiger partial charge in [0.05, 0.1) is 12.4 Å². The Kier molecular flexibility index (Phi) is 4.93. The number of aromatic nitrogens is 2. The van der Waals surface area contributed by atoms with Crippen LogP contribution < -0.4 is 10.0 Å². The molecular formula is C13H22N4O2S. The van der Waals surface area contributed by atoms with E-state index in [-0.39, 0.29) is 4.90 Å². The number of rotatable bonds is 5. The van der Waals surface area contributed by atoms with Crippen molar-refractivity contribution in [2.24, 2.45) is 11.8 Å². The lowest BCUT2D eigenvalue weighted by molar-refractivity contribution is 0.290. The molecule has 6 nitrogen and oxygen atoms in total. The molecule has 0 bridgehead atoms. The van der Waals surface area contributed by atoms with E-state index in [9.17, 15) is 8.42 Å². The molecule has 0 saturated heterocycles. The smallest absolute Gasteiger partial charge is 0.243 e. The highest BCUT2D eigenvalue weighted by Crippen LogP contribution is 2.27. The summed E-state index contributed by atoms with van der Waals surface area (Å²) < 4.78 is 26.9. The first-order valence-electron chi connectivity index (χ1n) is 7.00. The molecule has 0 aliphatic heterocycles. The number of hydrogen-bond acceptors (Lipinski definition) is 5. The van der Waals surface area contributed by atoms with Crippen LogP contribution in [-0.4, -0.2) is 32.0 Å². The van der Waals surface area contributed by atoms with E-state index in [1.54, 1.807) is 7.05 Å². The second-order valence-electron chi connectivity index (χ2n) is 5.47. The van der Waals surface area contributed by atoms with Crippen molar-refractivity contribution in [1.82, 2.24) is 14.7 Å². The molecule has 0 atom stereocenters. The molecule has 0 radical (unpaired) electrons. The van der Waals surface area contributed by atoms with E-state index in [4.69, 9.17) is 0 Å². The van der Waals surface area contributed by atoms with Crippen molar-refractivity contribution in [3.05, 3.63) is 12.4 Å². The topological polar surface area (TPSA) is 84.0 Å². The zero-order valence-corrected chi connectivity index (χ0v) is 12.8. The molecule has 1 aliphatic carbocycles. The lowest BCUT2D eigenvalue weighted by atomic mass is 9.83. The molecule has 1 heterocycles. The lowest BCUT2D eigenvalue weighted by Gasteiger charge is -2.26. The summed E-state index contributed by atoms with van der Waals surface area (Å²) in [5, 5.41) is 2.76. The van der Waals surface area contributed by atoms with Gasteiger partial charge in [-0.2, -0.15) is 0 Å². The van der Waals surface area contributed by atoms with Crippen LogP contribution >= 0.6 is 0 Å². The summed E-state index contributed by atoms with van der Waals surface area (Å²) in [6, 6.07) is 0. The molecule has 1 aromatic heterocycles. The second-order valence-corrected chi connectivity index (χ2v) is 7.24. The molecule has 20 heavy (non-hydrogen) atoms. The minimum atomic E-state index is -3.50. The quantitative estimate of drug-likeness (QED) is 0.863. The highest BCUT2D eigenvalue weighted by Gasteiger charge is 2.21.